The Morgan fingerprint density at radius 1 is 1.57 bits per heavy atom. The van der Waals surface area contributed by atoms with Crippen LogP contribution in [-0.2, 0) is 0 Å². The van der Waals surface area contributed by atoms with Crippen molar-refractivity contribution in [3.8, 4) is 17.6 Å². The van der Waals surface area contributed by atoms with Crippen LogP contribution < -0.4 is 9.47 Å². The van der Waals surface area contributed by atoms with Crippen molar-refractivity contribution in [3.05, 3.63) is 18.0 Å². The molecule has 1 heterocycles. The van der Waals surface area contributed by atoms with Crippen molar-refractivity contribution in [3.63, 3.8) is 0 Å². The molecule has 0 unspecified atom stereocenters. The Balaban J connectivity index is 3.10. The summed E-state index contributed by atoms with van der Waals surface area (Å²) in [7, 11) is 1.25. The second kappa shape index (κ2) is 4.37. The summed E-state index contributed by atoms with van der Waals surface area (Å²) in [5.74, 6) is -0.288. The fourth-order valence-electron chi connectivity index (χ4n) is 0.896. The molecule has 0 aromatic carbocycles. The van der Waals surface area contributed by atoms with E-state index in [1.165, 1.54) is 19.4 Å². The van der Waals surface area contributed by atoms with Crippen LogP contribution in [0.4, 0.5) is 8.78 Å². The van der Waals surface area contributed by atoms with Crippen molar-refractivity contribution in [2.24, 2.45) is 0 Å². The van der Waals surface area contributed by atoms with Crippen LogP contribution in [0.2, 0.25) is 0 Å². The molecular weight excluding hydrogens is 194 g/mol. The van der Waals surface area contributed by atoms with E-state index >= 15 is 0 Å². The van der Waals surface area contributed by atoms with Gasteiger partial charge >= 0.3 is 6.61 Å². The van der Waals surface area contributed by atoms with Crippen LogP contribution in [0.25, 0.3) is 0 Å². The topological polar surface area (TPSA) is 55.1 Å². The molecule has 14 heavy (non-hydrogen) atoms. The van der Waals surface area contributed by atoms with E-state index in [0.29, 0.717) is 0 Å². The molecule has 0 saturated carbocycles. The van der Waals surface area contributed by atoms with Gasteiger partial charge in [-0.25, -0.2) is 4.98 Å². The minimum absolute atomic E-state index is 0.0877. The molecular formula is C8H6F2N2O2. The molecule has 6 heteroatoms. The molecule has 1 rings (SSSR count). The van der Waals surface area contributed by atoms with E-state index in [2.05, 4.69) is 9.72 Å². The quantitative estimate of drug-likeness (QED) is 0.742. The zero-order valence-corrected chi connectivity index (χ0v) is 7.20. The summed E-state index contributed by atoms with van der Waals surface area (Å²) >= 11 is 0. The van der Waals surface area contributed by atoms with Gasteiger partial charge in [-0.3, -0.25) is 0 Å². The predicted molar refractivity (Wildman–Crippen MR) is 42.1 cm³/mol. The summed E-state index contributed by atoms with van der Waals surface area (Å²) in [5, 5.41) is 8.57. The molecule has 1 aromatic rings. The molecule has 0 aliphatic rings. The molecule has 0 amide bonds. The maximum absolute atomic E-state index is 11.9. The standard InChI is InChI=1S/C8H6F2N2O2/c1-13-7-5(4-11)12-3-2-6(7)14-8(9)10/h2-3,8H,1H3. The van der Waals surface area contributed by atoms with Gasteiger partial charge in [0.2, 0.25) is 0 Å². The molecule has 0 radical (unpaired) electrons. The van der Waals surface area contributed by atoms with Gasteiger partial charge in [-0.15, -0.1) is 0 Å². The number of alkyl halides is 2. The average Bonchev–Trinajstić information content (AvgIpc) is 2.16. The Morgan fingerprint density at radius 2 is 2.29 bits per heavy atom. The Bertz CT molecular complexity index is 363. The van der Waals surface area contributed by atoms with E-state index in [4.69, 9.17) is 10.00 Å². The number of nitrogens with zero attached hydrogens (tertiary/aromatic N) is 2. The first kappa shape index (κ1) is 10.2. The lowest BCUT2D eigenvalue weighted by molar-refractivity contribution is -0.0512. The molecule has 74 valence electrons. The van der Waals surface area contributed by atoms with Gasteiger partial charge in [-0.2, -0.15) is 14.0 Å². The van der Waals surface area contributed by atoms with E-state index in [0.717, 1.165) is 0 Å². The molecule has 0 atom stereocenters. The highest BCUT2D eigenvalue weighted by molar-refractivity contribution is 5.47. The highest BCUT2D eigenvalue weighted by Gasteiger charge is 2.14. The van der Waals surface area contributed by atoms with Crippen LogP contribution in [-0.4, -0.2) is 18.7 Å². The van der Waals surface area contributed by atoms with Gasteiger partial charge in [0.15, 0.2) is 17.2 Å². The SMILES string of the molecule is COc1c(OC(F)F)ccnc1C#N. The first-order chi connectivity index (χ1) is 6.69. The third-order valence-electron chi connectivity index (χ3n) is 1.39. The lowest BCUT2D eigenvalue weighted by Crippen LogP contribution is -2.04. The van der Waals surface area contributed by atoms with Gasteiger partial charge in [0, 0.05) is 12.3 Å². The first-order valence-electron chi connectivity index (χ1n) is 3.57. The van der Waals surface area contributed by atoms with Gasteiger partial charge in [-0.1, -0.05) is 0 Å². The summed E-state index contributed by atoms with van der Waals surface area (Å²) in [4.78, 5) is 3.62. The summed E-state index contributed by atoms with van der Waals surface area (Å²) in [6.07, 6.45) is 1.19. The lowest BCUT2D eigenvalue weighted by Gasteiger charge is -2.09. The number of hydrogen-bond donors (Lipinski definition) is 0. The third-order valence-corrected chi connectivity index (χ3v) is 1.39. The number of pyridine rings is 1. The van der Waals surface area contributed by atoms with E-state index in [1.807, 2.05) is 0 Å². The fourth-order valence-corrected chi connectivity index (χ4v) is 0.896. The molecule has 1 aromatic heterocycles. The van der Waals surface area contributed by atoms with Gasteiger partial charge in [0.05, 0.1) is 7.11 Å². The molecule has 0 aliphatic heterocycles. The number of methoxy groups -OCH3 is 1. The highest BCUT2D eigenvalue weighted by Crippen LogP contribution is 2.29. The molecule has 0 aliphatic carbocycles. The zero-order chi connectivity index (χ0) is 10.6. The summed E-state index contributed by atoms with van der Waals surface area (Å²) in [6, 6.07) is 2.90. The normalized spacial score (nSPS) is 9.64. The lowest BCUT2D eigenvalue weighted by atomic mass is 10.3. The van der Waals surface area contributed by atoms with Crippen LogP contribution in [0.1, 0.15) is 5.69 Å². The van der Waals surface area contributed by atoms with E-state index in [1.54, 1.807) is 6.07 Å². The molecule has 0 bridgehead atoms. The van der Waals surface area contributed by atoms with Gasteiger partial charge in [0.1, 0.15) is 6.07 Å². The monoisotopic (exact) mass is 200 g/mol. The molecule has 4 nitrogen and oxygen atoms in total. The zero-order valence-electron chi connectivity index (χ0n) is 7.20. The number of ether oxygens (including phenoxy) is 2. The Labute approximate surface area is 78.7 Å². The summed E-state index contributed by atoms with van der Waals surface area (Å²) in [6.45, 7) is -2.96. The minimum atomic E-state index is -2.96. The summed E-state index contributed by atoms with van der Waals surface area (Å²) in [5.41, 5.74) is -0.0920. The minimum Gasteiger partial charge on any atom is -0.490 e. The number of nitriles is 1. The fraction of sp³-hybridized carbons (Fsp3) is 0.250. The molecule has 0 N–H and O–H groups in total. The second-order valence-corrected chi connectivity index (χ2v) is 2.18. The van der Waals surface area contributed by atoms with Crippen LogP contribution in [0, 0.1) is 11.3 Å². The van der Waals surface area contributed by atoms with E-state index in [-0.39, 0.29) is 17.2 Å². The van der Waals surface area contributed by atoms with Gasteiger partial charge in [-0.05, 0) is 0 Å². The van der Waals surface area contributed by atoms with Crippen LogP contribution >= 0.6 is 0 Å². The predicted octanol–water partition coefficient (Wildman–Crippen LogP) is 1.56. The van der Waals surface area contributed by atoms with Crippen LogP contribution in [0.15, 0.2) is 12.3 Å². The number of rotatable bonds is 3. The van der Waals surface area contributed by atoms with Gasteiger partial charge < -0.3 is 9.47 Å². The van der Waals surface area contributed by atoms with E-state index in [9.17, 15) is 8.78 Å². The largest absolute Gasteiger partial charge is 0.490 e. The van der Waals surface area contributed by atoms with Crippen molar-refractivity contribution >= 4 is 0 Å². The number of hydrogen-bond acceptors (Lipinski definition) is 4. The van der Waals surface area contributed by atoms with Crippen molar-refractivity contribution < 1.29 is 18.3 Å². The molecule has 0 saturated heterocycles. The van der Waals surface area contributed by atoms with Crippen molar-refractivity contribution in [2.75, 3.05) is 7.11 Å². The van der Waals surface area contributed by atoms with Gasteiger partial charge in [0.25, 0.3) is 0 Å². The maximum Gasteiger partial charge on any atom is 0.387 e. The molecule has 0 spiro atoms. The average molecular weight is 200 g/mol. The first-order valence-corrected chi connectivity index (χ1v) is 3.57. The van der Waals surface area contributed by atoms with Crippen LogP contribution in [0.3, 0.4) is 0 Å². The number of aromatic nitrogens is 1. The van der Waals surface area contributed by atoms with Crippen molar-refractivity contribution in [1.82, 2.24) is 4.98 Å². The summed E-state index contributed by atoms with van der Waals surface area (Å²) < 4.78 is 32.6. The smallest absolute Gasteiger partial charge is 0.387 e. The van der Waals surface area contributed by atoms with E-state index < -0.39 is 6.61 Å². The Morgan fingerprint density at radius 3 is 2.79 bits per heavy atom. The maximum atomic E-state index is 11.9. The Kier molecular flexibility index (Phi) is 3.18. The van der Waals surface area contributed by atoms with Crippen LogP contribution in [0.5, 0.6) is 11.5 Å². The second-order valence-electron chi connectivity index (χ2n) is 2.18. The number of halogens is 2. The van der Waals surface area contributed by atoms with Crippen molar-refractivity contribution in [2.45, 2.75) is 6.61 Å². The Hall–Kier alpha value is -1.90. The highest BCUT2D eigenvalue weighted by atomic mass is 19.3. The third kappa shape index (κ3) is 2.07. The van der Waals surface area contributed by atoms with Crippen molar-refractivity contribution in [1.29, 1.82) is 5.26 Å². The molecule has 0 fully saturated rings.